The lowest BCUT2D eigenvalue weighted by Gasteiger charge is -2.38. The SMILES string of the molecule is Cc1nn(CC(O)CN2CCSC(C)(C)C2)c(C)c1N. The number of anilines is 1. The molecule has 6 heteroatoms. The van der Waals surface area contributed by atoms with Crippen LogP contribution in [0.2, 0.25) is 0 Å². The largest absolute Gasteiger partial charge is 0.396 e. The van der Waals surface area contributed by atoms with E-state index in [1.165, 1.54) is 0 Å². The number of nitrogens with zero attached hydrogens (tertiary/aromatic N) is 3. The van der Waals surface area contributed by atoms with Crippen LogP contribution in [-0.4, -0.2) is 56.0 Å². The van der Waals surface area contributed by atoms with Crippen molar-refractivity contribution < 1.29 is 5.11 Å². The summed E-state index contributed by atoms with van der Waals surface area (Å²) >= 11 is 2.01. The second kappa shape index (κ2) is 5.95. The molecule has 2 heterocycles. The normalized spacial score (nSPS) is 21.1. The van der Waals surface area contributed by atoms with Crippen molar-refractivity contribution in [2.45, 2.75) is 45.1 Å². The topological polar surface area (TPSA) is 67.3 Å². The molecule has 1 fully saturated rings. The molecule has 1 aliphatic rings. The molecule has 3 N–H and O–H groups in total. The summed E-state index contributed by atoms with van der Waals surface area (Å²) in [6, 6.07) is 0. The Bertz CT molecular complexity index is 472. The molecular formula is C14H26N4OS. The third kappa shape index (κ3) is 3.68. The van der Waals surface area contributed by atoms with Crippen molar-refractivity contribution in [2.75, 3.05) is 31.1 Å². The van der Waals surface area contributed by atoms with Crippen molar-refractivity contribution in [3.05, 3.63) is 11.4 Å². The standard InChI is InChI=1S/C14H26N4OS/c1-10-13(15)11(2)18(16-10)8-12(19)7-17-5-6-20-14(3,4)9-17/h12,19H,5-9,15H2,1-4H3. The minimum atomic E-state index is -0.411. The number of thioether (sulfide) groups is 1. The van der Waals surface area contributed by atoms with Gasteiger partial charge >= 0.3 is 0 Å². The summed E-state index contributed by atoms with van der Waals surface area (Å²) < 4.78 is 2.10. The molecule has 0 radical (unpaired) electrons. The van der Waals surface area contributed by atoms with Crippen LogP contribution < -0.4 is 5.73 Å². The van der Waals surface area contributed by atoms with Crippen molar-refractivity contribution in [2.24, 2.45) is 0 Å². The Kier molecular flexibility index (Phi) is 4.66. The lowest BCUT2D eigenvalue weighted by atomic mass is 10.1. The van der Waals surface area contributed by atoms with Gasteiger partial charge in [-0.05, 0) is 27.7 Å². The Balaban J connectivity index is 1.92. The van der Waals surface area contributed by atoms with Gasteiger partial charge in [0.05, 0.1) is 29.7 Å². The third-order valence-corrected chi connectivity index (χ3v) is 5.09. The first-order valence-corrected chi connectivity index (χ1v) is 8.11. The summed E-state index contributed by atoms with van der Waals surface area (Å²) in [6.45, 7) is 11.6. The van der Waals surface area contributed by atoms with Gasteiger partial charge in [-0.15, -0.1) is 0 Å². The average molecular weight is 298 g/mol. The number of rotatable bonds is 4. The van der Waals surface area contributed by atoms with Gasteiger partial charge < -0.3 is 10.8 Å². The van der Waals surface area contributed by atoms with Gasteiger partial charge in [-0.3, -0.25) is 9.58 Å². The lowest BCUT2D eigenvalue weighted by molar-refractivity contribution is 0.0921. The van der Waals surface area contributed by atoms with Crippen LogP contribution in [0.3, 0.4) is 0 Å². The van der Waals surface area contributed by atoms with E-state index in [-0.39, 0.29) is 4.75 Å². The summed E-state index contributed by atoms with van der Waals surface area (Å²) in [5.41, 5.74) is 8.43. The summed E-state index contributed by atoms with van der Waals surface area (Å²) in [4.78, 5) is 2.34. The molecular weight excluding hydrogens is 272 g/mol. The maximum atomic E-state index is 10.3. The average Bonchev–Trinajstić information content (AvgIpc) is 2.55. The second-order valence-electron chi connectivity index (χ2n) is 6.26. The van der Waals surface area contributed by atoms with E-state index < -0.39 is 6.10 Å². The van der Waals surface area contributed by atoms with Crippen molar-refractivity contribution in [1.29, 1.82) is 0 Å². The first-order valence-electron chi connectivity index (χ1n) is 7.12. The number of aliphatic hydroxyl groups excluding tert-OH is 1. The molecule has 1 aliphatic heterocycles. The highest BCUT2D eigenvalue weighted by Gasteiger charge is 2.28. The molecule has 2 rings (SSSR count). The molecule has 0 amide bonds. The van der Waals surface area contributed by atoms with Crippen LogP contribution in [0.15, 0.2) is 0 Å². The van der Waals surface area contributed by atoms with E-state index in [1.807, 2.05) is 30.3 Å². The highest BCUT2D eigenvalue weighted by atomic mass is 32.2. The smallest absolute Gasteiger partial charge is 0.0862 e. The maximum absolute atomic E-state index is 10.3. The molecule has 1 aromatic rings. The van der Waals surface area contributed by atoms with E-state index in [9.17, 15) is 5.11 Å². The zero-order chi connectivity index (χ0) is 14.9. The van der Waals surface area contributed by atoms with Gasteiger partial charge in [-0.1, -0.05) is 0 Å². The van der Waals surface area contributed by atoms with Crippen LogP contribution in [0.1, 0.15) is 25.2 Å². The van der Waals surface area contributed by atoms with E-state index >= 15 is 0 Å². The quantitative estimate of drug-likeness (QED) is 0.876. The fourth-order valence-electron chi connectivity index (χ4n) is 2.71. The number of nitrogen functional groups attached to an aromatic ring is 1. The van der Waals surface area contributed by atoms with E-state index in [0.29, 0.717) is 13.1 Å². The molecule has 1 aromatic heterocycles. The van der Waals surface area contributed by atoms with Crippen molar-refractivity contribution >= 4 is 17.4 Å². The van der Waals surface area contributed by atoms with E-state index in [2.05, 4.69) is 23.8 Å². The van der Waals surface area contributed by atoms with Gasteiger partial charge in [-0.25, -0.2) is 0 Å². The second-order valence-corrected chi connectivity index (χ2v) is 8.07. The van der Waals surface area contributed by atoms with E-state index in [1.54, 1.807) is 0 Å². The maximum Gasteiger partial charge on any atom is 0.0862 e. The van der Waals surface area contributed by atoms with Crippen LogP contribution in [0.5, 0.6) is 0 Å². The van der Waals surface area contributed by atoms with Crippen LogP contribution >= 0.6 is 11.8 Å². The highest BCUT2D eigenvalue weighted by Crippen LogP contribution is 2.29. The summed E-state index contributed by atoms with van der Waals surface area (Å²) in [5.74, 6) is 1.13. The Hall–Kier alpha value is -0.720. The molecule has 0 aromatic carbocycles. The zero-order valence-electron chi connectivity index (χ0n) is 12.9. The number of β-amino-alcohol motifs (C(OH)–C–C–N with tert-alkyl or cyclic N) is 1. The molecule has 20 heavy (non-hydrogen) atoms. The summed E-state index contributed by atoms with van der Waals surface area (Å²) in [5, 5.41) is 14.7. The molecule has 0 bridgehead atoms. The van der Waals surface area contributed by atoms with Gasteiger partial charge in [0.2, 0.25) is 0 Å². The summed E-state index contributed by atoms with van der Waals surface area (Å²) in [6.07, 6.45) is -0.411. The number of hydrogen-bond acceptors (Lipinski definition) is 5. The van der Waals surface area contributed by atoms with Crippen molar-refractivity contribution in [3.8, 4) is 0 Å². The molecule has 0 spiro atoms. The Morgan fingerprint density at radius 1 is 1.40 bits per heavy atom. The first kappa shape index (κ1) is 15.7. The predicted molar refractivity (Wildman–Crippen MR) is 85.1 cm³/mol. The Morgan fingerprint density at radius 3 is 2.65 bits per heavy atom. The zero-order valence-corrected chi connectivity index (χ0v) is 13.7. The Labute approximate surface area is 125 Å². The molecule has 5 nitrogen and oxygen atoms in total. The molecule has 114 valence electrons. The molecule has 1 unspecified atom stereocenters. The van der Waals surface area contributed by atoms with E-state index in [0.717, 1.165) is 35.9 Å². The molecule has 0 aliphatic carbocycles. The molecule has 1 atom stereocenters. The Morgan fingerprint density at radius 2 is 2.10 bits per heavy atom. The highest BCUT2D eigenvalue weighted by molar-refractivity contribution is 8.00. The number of aryl methyl sites for hydroxylation is 1. The third-order valence-electron chi connectivity index (χ3n) is 3.79. The number of aromatic nitrogens is 2. The van der Waals surface area contributed by atoms with Gasteiger partial charge in [-0.2, -0.15) is 16.9 Å². The van der Waals surface area contributed by atoms with Crippen LogP contribution in [0.25, 0.3) is 0 Å². The van der Waals surface area contributed by atoms with Gasteiger partial charge in [0.1, 0.15) is 0 Å². The number of hydrogen-bond donors (Lipinski definition) is 2. The van der Waals surface area contributed by atoms with Crippen molar-refractivity contribution in [1.82, 2.24) is 14.7 Å². The molecule has 0 saturated carbocycles. The van der Waals surface area contributed by atoms with E-state index in [4.69, 9.17) is 5.73 Å². The fraction of sp³-hybridized carbons (Fsp3) is 0.786. The lowest BCUT2D eigenvalue weighted by Crippen LogP contribution is -2.46. The fourth-order valence-corrected chi connectivity index (χ4v) is 3.89. The van der Waals surface area contributed by atoms with Crippen molar-refractivity contribution in [3.63, 3.8) is 0 Å². The van der Waals surface area contributed by atoms with Crippen LogP contribution in [0.4, 0.5) is 5.69 Å². The van der Waals surface area contributed by atoms with Gasteiger partial charge in [0.15, 0.2) is 0 Å². The molecule has 1 saturated heterocycles. The van der Waals surface area contributed by atoms with Crippen LogP contribution in [-0.2, 0) is 6.54 Å². The van der Waals surface area contributed by atoms with Gasteiger partial charge in [0, 0.05) is 30.1 Å². The number of aliphatic hydroxyl groups is 1. The minimum Gasteiger partial charge on any atom is -0.396 e. The van der Waals surface area contributed by atoms with Gasteiger partial charge in [0.25, 0.3) is 0 Å². The minimum absolute atomic E-state index is 0.278. The summed E-state index contributed by atoms with van der Waals surface area (Å²) in [7, 11) is 0. The predicted octanol–water partition coefficient (Wildman–Crippen LogP) is 1.27. The van der Waals surface area contributed by atoms with Crippen LogP contribution in [0, 0.1) is 13.8 Å². The monoisotopic (exact) mass is 298 g/mol. The number of nitrogens with two attached hydrogens (primary N) is 1. The first-order chi connectivity index (χ1) is 9.28.